The molecule has 0 unspecified atom stereocenters. The first-order valence-corrected chi connectivity index (χ1v) is 6.16. The number of nitrogens with one attached hydrogen (secondary N) is 1. The Morgan fingerprint density at radius 3 is 3.00 bits per heavy atom. The van der Waals surface area contributed by atoms with Gasteiger partial charge in [0.25, 0.3) is 0 Å². The predicted molar refractivity (Wildman–Crippen MR) is 73.1 cm³/mol. The molecule has 1 heterocycles. The number of nitrogens with zero attached hydrogens (tertiary/aromatic N) is 1. The van der Waals surface area contributed by atoms with Gasteiger partial charge in [0.2, 0.25) is 0 Å². The molecular weight excluding hydrogens is 252 g/mol. The van der Waals surface area contributed by atoms with Crippen LogP contribution in [0, 0.1) is 0 Å². The van der Waals surface area contributed by atoms with Crippen LogP contribution in [0.2, 0.25) is 5.02 Å². The van der Waals surface area contributed by atoms with Gasteiger partial charge in [0.1, 0.15) is 0 Å². The van der Waals surface area contributed by atoms with Gasteiger partial charge in [-0.15, -0.1) is 0 Å². The molecule has 0 aliphatic heterocycles. The van der Waals surface area contributed by atoms with Crippen LogP contribution in [-0.2, 0) is 4.74 Å². The molecule has 0 radical (unpaired) electrons. The highest BCUT2D eigenvalue weighted by atomic mass is 35.5. The first kappa shape index (κ1) is 13.1. The average Bonchev–Trinajstić information content (AvgIpc) is 2.41. The molecule has 0 spiro atoms. The summed E-state index contributed by atoms with van der Waals surface area (Å²) in [6, 6.07) is 7.56. The van der Waals surface area contributed by atoms with E-state index in [4.69, 9.17) is 21.4 Å². The highest BCUT2D eigenvalue weighted by molar-refractivity contribution is 6.35. The summed E-state index contributed by atoms with van der Waals surface area (Å²) < 4.78 is 5.18. The normalized spacial score (nSPS) is 10.8. The van der Waals surface area contributed by atoms with Gasteiger partial charge >= 0.3 is 0 Å². The van der Waals surface area contributed by atoms with Gasteiger partial charge in [-0.3, -0.25) is 4.98 Å². The molecule has 2 N–H and O–H groups in total. The first-order valence-electron chi connectivity index (χ1n) is 5.78. The molecule has 0 atom stereocenters. The topological polar surface area (TPSA) is 54.4 Å². The zero-order valence-corrected chi connectivity index (χ0v) is 10.7. The Kier molecular flexibility index (Phi) is 4.75. The number of hydrogen-bond donors (Lipinski definition) is 2. The van der Waals surface area contributed by atoms with Gasteiger partial charge in [-0.1, -0.05) is 11.6 Å². The van der Waals surface area contributed by atoms with Crippen molar-refractivity contribution < 1.29 is 9.84 Å². The van der Waals surface area contributed by atoms with Crippen molar-refractivity contribution in [2.24, 2.45) is 0 Å². The number of rotatable bonds is 6. The van der Waals surface area contributed by atoms with Crippen molar-refractivity contribution in [1.82, 2.24) is 4.98 Å². The highest BCUT2D eigenvalue weighted by Crippen LogP contribution is 2.27. The molecule has 4 nitrogen and oxygen atoms in total. The standard InChI is InChI=1S/C13H15ClN2O2/c14-11-3-4-12(15-6-8-18-9-7-17)13-10(11)2-1-5-16-13/h1-5,15,17H,6-9H2. The molecule has 0 saturated carbocycles. The fourth-order valence-corrected chi connectivity index (χ4v) is 1.92. The van der Waals surface area contributed by atoms with E-state index in [0.29, 0.717) is 24.8 Å². The second-order valence-corrected chi connectivity index (χ2v) is 4.16. The van der Waals surface area contributed by atoms with Gasteiger partial charge in [-0.2, -0.15) is 0 Å². The summed E-state index contributed by atoms with van der Waals surface area (Å²) >= 11 is 6.11. The Morgan fingerprint density at radius 2 is 2.17 bits per heavy atom. The van der Waals surface area contributed by atoms with Crippen molar-refractivity contribution in [2.45, 2.75) is 0 Å². The van der Waals surface area contributed by atoms with Crippen molar-refractivity contribution >= 4 is 28.2 Å². The SMILES string of the molecule is OCCOCCNc1ccc(Cl)c2cccnc12. The van der Waals surface area contributed by atoms with Crippen molar-refractivity contribution in [2.75, 3.05) is 31.7 Å². The fourth-order valence-electron chi connectivity index (χ4n) is 1.70. The molecule has 0 amide bonds. The lowest BCUT2D eigenvalue weighted by Gasteiger charge is -2.10. The van der Waals surface area contributed by atoms with Crippen molar-refractivity contribution in [3.63, 3.8) is 0 Å². The minimum Gasteiger partial charge on any atom is -0.394 e. The van der Waals surface area contributed by atoms with E-state index in [1.807, 2.05) is 24.3 Å². The van der Waals surface area contributed by atoms with E-state index in [2.05, 4.69) is 10.3 Å². The van der Waals surface area contributed by atoms with E-state index >= 15 is 0 Å². The number of aliphatic hydroxyl groups excluding tert-OH is 1. The van der Waals surface area contributed by atoms with E-state index in [1.54, 1.807) is 6.20 Å². The highest BCUT2D eigenvalue weighted by Gasteiger charge is 2.04. The van der Waals surface area contributed by atoms with Crippen LogP contribution in [0.15, 0.2) is 30.5 Å². The Morgan fingerprint density at radius 1 is 1.28 bits per heavy atom. The van der Waals surface area contributed by atoms with Gasteiger partial charge < -0.3 is 15.2 Å². The molecule has 1 aromatic heterocycles. The lowest BCUT2D eigenvalue weighted by molar-refractivity contribution is 0.0992. The molecule has 0 aliphatic carbocycles. The van der Waals surface area contributed by atoms with Crippen molar-refractivity contribution in [1.29, 1.82) is 0 Å². The van der Waals surface area contributed by atoms with Crippen LogP contribution in [0.25, 0.3) is 10.9 Å². The molecule has 1 aromatic carbocycles. The monoisotopic (exact) mass is 266 g/mol. The van der Waals surface area contributed by atoms with Crippen molar-refractivity contribution in [3.8, 4) is 0 Å². The summed E-state index contributed by atoms with van der Waals surface area (Å²) in [5, 5.41) is 13.5. The second-order valence-electron chi connectivity index (χ2n) is 3.76. The summed E-state index contributed by atoms with van der Waals surface area (Å²) in [5.74, 6) is 0. The summed E-state index contributed by atoms with van der Waals surface area (Å²) in [4.78, 5) is 4.33. The van der Waals surface area contributed by atoms with E-state index in [1.165, 1.54) is 0 Å². The van der Waals surface area contributed by atoms with E-state index in [-0.39, 0.29) is 6.61 Å². The molecule has 2 rings (SSSR count). The molecule has 2 aromatic rings. The largest absolute Gasteiger partial charge is 0.394 e. The zero-order chi connectivity index (χ0) is 12.8. The summed E-state index contributed by atoms with van der Waals surface area (Å²) in [6.45, 7) is 1.61. The van der Waals surface area contributed by atoms with Crippen LogP contribution in [0.5, 0.6) is 0 Å². The summed E-state index contributed by atoms with van der Waals surface area (Å²) in [6.07, 6.45) is 1.74. The average molecular weight is 267 g/mol. The van der Waals surface area contributed by atoms with Crippen LogP contribution in [0.1, 0.15) is 0 Å². The predicted octanol–water partition coefficient (Wildman–Crippen LogP) is 2.31. The number of fused-ring (bicyclic) bond motifs is 1. The number of ether oxygens (including phenoxy) is 1. The molecule has 18 heavy (non-hydrogen) atoms. The number of pyridine rings is 1. The Bertz CT molecular complexity index is 519. The summed E-state index contributed by atoms with van der Waals surface area (Å²) in [5.41, 5.74) is 1.79. The van der Waals surface area contributed by atoms with Gasteiger partial charge in [-0.25, -0.2) is 0 Å². The van der Waals surface area contributed by atoms with Gasteiger partial charge in [-0.05, 0) is 24.3 Å². The smallest absolute Gasteiger partial charge is 0.0948 e. The lowest BCUT2D eigenvalue weighted by atomic mass is 10.2. The minimum absolute atomic E-state index is 0.0471. The van der Waals surface area contributed by atoms with E-state index in [0.717, 1.165) is 16.6 Å². The third kappa shape index (κ3) is 3.10. The van der Waals surface area contributed by atoms with Crippen LogP contribution < -0.4 is 5.32 Å². The Hall–Kier alpha value is -1.36. The number of anilines is 1. The first-order chi connectivity index (χ1) is 8.83. The van der Waals surface area contributed by atoms with Crippen LogP contribution in [0.4, 0.5) is 5.69 Å². The molecule has 0 bridgehead atoms. The molecule has 5 heteroatoms. The molecule has 96 valence electrons. The number of aromatic nitrogens is 1. The van der Waals surface area contributed by atoms with E-state index in [9.17, 15) is 0 Å². The lowest BCUT2D eigenvalue weighted by Crippen LogP contribution is -2.11. The van der Waals surface area contributed by atoms with Crippen LogP contribution in [-0.4, -0.2) is 36.5 Å². The number of hydrogen-bond acceptors (Lipinski definition) is 4. The van der Waals surface area contributed by atoms with Gasteiger partial charge in [0.05, 0.1) is 36.0 Å². The summed E-state index contributed by atoms with van der Waals surface area (Å²) in [7, 11) is 0. The molecule has 0 aliphatic rings. The van der Waals surface area contributed by atoms with Crippen LogP contribution in [0.3, 0.4) is 0 Å². The Labute approximate surface area is 111 Å². The van der Waals surface area contributed by atoms with E-state index < -0.39 is 0 Å². The fraction of sp³-hybridized carbons (Fsp3) is 0.308. The second kappa shape index (κ2) is 6.54. The maximum absolute atomic E-state index is 8.58. The number of benzene rings is 1. The van der Waals surface area contributed by atoms with Gasteiger partial charge in [0, 0.05) is 18.1 Å². The third-order valence-electron chi connectivity index (χ3n) is 2.51. The minimum atomic E-state index is 0.0471. The zero-order valence-electron chi connectivity index (χ0n) is 9.90. The quantitative estimate of drug-likeness (QED) is 0.788. The van der Waals surface area contributed by atoms with Gasteiger partial charge in [0.15, 0.2) is 0 Å². The third-order valence-corrected chi connectivity index (χ3v) is 2.84. The van der Waals surface area contributed by atoms with Crippen LogP contribution >= 0.6 is 11.6 Å². The Balaban J connectivity index is 2.07. The van der Waals surface area contributed by atoms with Crippen molar-refractivity contribution in [3.05, 3.63) is 35.5 Å². The maximum Gasteiger partial charge on any atom is 0.0948 e. The maximum atomic E-state index is 8.58. The number of aliphatic hydroxyl groups is 1. The molecule has 0 saturated heterocycles. The molecular formula is C13H15ClN2O2. The molecule has 0 fully saturated rings. The number of halogens is 1.